The minimum absolute atomic E-state index is 0.0124. The molecule has 0 fully saturated rings. The van der Waals surface area contributed by atoms with Gasteiger partial charge in [-0.15, -0.1) is 0 Å². The number of carbonyl (C=O) groups is 5. The number of carbonyl (C=O) groups excluding carboxylic acids is 4. The predicted molar refractivity (Wildman–Crippen MR) is 139 cm³/mol. The van der Waals surface area contributed by atoms with Crippen molar-refractivity contribution in [2.45, 2.75) is 63.7 Å². The van der Waals surface area contributed by atoms with Crippen LogP contribution in [0.2, 0.25) is 0 Å². The molecule has 1 rings (SSSR count). The van der Waals surface area contributed by atoms with Crippen molar-refractivity contribution in [2.24, 2.45) is 17.4 Å². The first-order valence-corrected chi connectivity index (χ1v) is 13.2. The van der Waals surface area contributed by atoms with Crippen molar-refractivity contribution in [1.29, 1.82) is 0 Å². The van der Waals surface area contributed by atoms with Crippen molar-refractivity contribution in [1.82, 2.24) is 16.0 Å². The van der Waals surface area contributed by atoms with E-state index in [0.717, 1.165) is 0 Å². The minimum atomic E-state index is -1.47. The largest absolute Gasteiger partial charge is 0.508 e. The first kappa shape index (κ1) is 31.7. The Balaban J connectivity index is 3.15. The van der Waals surface area contributed by atoms with E-state index in [2.05, 4.69) is 16.0 Å². The molecule has 0 spiro atoms. The molecule has 12 nitrogen and oxygen atoms in total. The Hall–Kier alpha value is -3.32. The van der Waals surface area contributed by atoms with Crippen LogP contribution < -0.4 is 27.4 Å². The average Bonchev–Trinajstić information content (AvgIpc) is 2.85. The van der Waals surface area contributed by atoms with Crippen LogP contribution in [0.15, 0.2) is 24.3 Å². The number of carboxylic acids is 1. The number of primary amides is 1. The summed E-state index contributed by atoms with van der Waals surface area (Å²) in [6, 6.07) is 1.18. The highest BCUT2D eigenvalue weighted by atomic mass is 32.2. The van der Waals surface area contributed by atoms with E-state index >= 15 is 0 Å². The molecule has 0 aromatic heterocycles. The molecule has 0 radical (unpaired) electrons. The van der Waals surface area contributed by atoms with E-state index < -0.39 is 60.2 Å². The van der Waals surface area contributed by atoms with Crippen molar-refractivity contribution >= 4 is 41.4 Å². The molecular formula is C24H37N5O7S. The van der Waals surface area contributed by atoms with Gasteiger partial charge in [0.05, 0.1) is 12.5 Å². The van der Waals surface area contributed by atoms with Crippen molar-refractivity contribution in [3.63, 3.8) is 0 Å². The summed E-state index contributed by atoms with van der Waals surface area (Å²) in [5, 5.41) is 26.3. The van der Waals surface area contributed by atoms with Crippen LogP contribution >= 0.6 is 11.8 Å². The SMILES string of the molecule is CCC(C)C(N)C(=O)NC(Cc1ccc(O)cc1)C(=O)NC(CC(N)=O)C(=O)NC(CCSC)C(=O)O. The summed E-state index contributed by atoms with van der Waals surface area (Å²) >= 11 is 1.40. The lowest BCUT2D eigenvalue weighted by atomic mass is 9.98. The highest BCUT2D eigenvalue weighted by Crippen LogP contribution is 2.13. The number of carboxylic acid groups (broad SMARTS) is 1. The number of hydrogen-bond donors (Lipinski definition) is 7. The van der Waals surface area contributed by atoms with Crippen LogP contribution in [0, 0.1) is 5.92 Å². The Morgan fingerprint density at radius 2 is 1.49 bits per heavy atom. The molecule has 0 aliphatic carbocycles. The molecule has 0 saturated carbocycles. The first-order chi connectivity index (χ1) is 17.4. The van der Waals surface area contributed by atoms with Gasteiger partial charge in [0.15, 0.2) is 0 Å². The first-order valence-electron chi connectivity index (χ1n) is 11.8. The normalized spacial score (nSPS) is 14.9. The maximum absolute atomic E-state index is 13.2. The van der Waals surface area contributed by atoms with E-state index in [9.17, 15) is 34.2 Å². The number of phenols is 1. The number of aliphatic carboxylic acids is 1. The highest BCUT2D eigenvalue weighted by molar-refractivity contribution is 7.98. The van der Waals surface area contributed by atoms with Crippen molar-refractivity contribution in [3.8, 4) is 5.75 Å². The maximum Gasteiger partial charge on any atom is 0.326 e. The van der Waals surface area contributed by atoms with Gasteiger partial charge in [-0.3, -0.25) is 19.2 Å². The van der Waals surface area contributed by atoms with Gasteiger partial charge in [-0.05, 0) is 42.0 Å². The van der Waals surface area contributed by atoms with Gasteiger partial charge in [-0.2, -0.15) is 11.8 Å². The van der Waals surface area contributed by atoms with E-state index in [4.69, 9.17) is 11.5 Å². The number of hydrogen-bond acceptors (Lipinski definition) is 8. The summed E-state index contributed by atoms with van der Waals surface area (Å²) in [6.45, 7) is 3.66. The molecule has 4 amide bonds. The number of phenolic OH excluding ortho intramolecular Hbond substituents is 1. The Bertz CT molecular complexity index is 944. The molecule has 13 heteroatoms. The third kappa shape index (κ3) is 11.1. The summed E-state index contributed by atoms with van der Waals surface area (Å²) < 4.78 is 0. The van der Waals surface area contributed by atoms with Gasteiger partial charge >= 0.3 is 5.97 Å². The molecular weight excluding hydrogens is 502 g/mol. The van der Waals surface area contributed by atoms with Gasteiger partial charge in [-0.1, -0.05) is 32.4 Å². The standard InChI is InChI=1S/C24H37N5O7S/c1-4-13(2)20(26)23(34)29-17(11-14-5-7-15(30)8-6-14)21(32)28-18(12-19(25)31)22(33)27-16(24(35)36)9-10-37-3/h5-8,13,16-18,20,30H,4,9-12,26H2,1-3H3,(H2,25,31)(H,27,33)(H,28,32)(H,29,34)(H,35,36). The van der Waals surface area contributed by atoms with Crippen molar-refractivity contribution < 1.29 is 34.2 Å². The minimum Gasteiger partial charge on any atom is -0.508 e. The molecule has 0 aliphatic heterocycles. The zero-order valence-electron chi connectivity index (χ0n) is 21.2. The Labute approximate surface area is 220 Å². The number of aromatic hydroxyl groups is 1. The smallest absolute Gasteiger partial charge is 0.326 e. The summed E-state index contributed by atoms with van der Waals surface area (Å²) in [7, 11) is 0. The van der Waals surface area contributed by atoms with Crippen molar-refractivity contribution in [3.05, 3.63) is 29.8 Å². The summed E-state index contributed by atoms with van der Waals surface area (Å²) in [5.74, 6) is -4.12. The lowest BCUT2D eigenvalue weighted by Crippen LogP contribution is -2.58. The lowest BCUT2D eigenvalue weighted by molar-refractivity contribution is -0.142. The Kier molecular flexibility index (Phi) is 13.5. The van der Waals surface area contributed by atoms with Gasteiger partial charge in [0.2, 0.25) is 23.6 Å². The third-order valence-electron chi connectivity index (χ3n) is 5.83. The molecule has 0 bridgehead atoms. The average molecular weight is 540 g/mol. The van der Waals surface area contributed by atoms with Crippen LogP contribution in [-0.4, -0.2) is 76.0 Å². The number of benzene rings is 1. The quantitative estimate of drug-likeness (QED) is 0.144. The molecule has 9 N–H and O–H groups in total. The molecule has 0 saturated heterocycles. The van der Waals surface area contributed by atoms with Crippen LogP contribution in [-0.2, 0) is 30.4 Å². The van der Waals surface area contributed by atoms with Gasteiger partial charge in [0.1, 0.15) is 23.9 Å². The summed E-state index contributed by atoms with van der Waals surface area (Å²) in [5.41, 5.74) is 11.9. The number of nitrogens with one attached hydrogen (secondary N) is 3. The second-order valence-electron chi connectivity index (χ2n) is 8.76. The molecule has 37 heavy (non-hydrogen) atoms. The van der Waals surface area contributed by atoms with E-state index in [-0.39, 0.29) is 24.5 Å². The Morgan fingerprint density at radius 1 is 0.946 bits per heavy atom. The molecule has 5 atom stereocenters. The molecule has 0 aliphatic rings. The monoisotopic (exact) mass is 539 g/mol. The summed E-state index contributed by atoms with van der Waals surface area (Å²) in [4.78, 5) is 62.0. The Morgan fingerprint density at radius 3 is 2.00 bits per heavy atom. The van der Waals surface area contributed by atoms with Crippen molar-refractivity contribution in [2.75, 3.05) is 12.0 Å². The van der Waals surface area contributed by atoms with E-state index in [1.807, 2.05) is 6.92 Å². The summed E-state index contributed by atoms with van der Waals surface area (Å²) in [6.07, 6.45) is 1.95. The molecule has 5 unspecified atom stereocenters. The molecule has 0 heterocycles. The van der Waals surface area contributed by atoms with Gasteiger partial charge in [0, 0.05) is 6.42 Å². The second-order valence-corrected chi connectivity index (χ2v) is 9.74. The molecule has 1 aromatic carbocycles. The van der Waals surface area contributed by atoms with E-state index in [0.29, 0.717) is 17.7 Å². The number of nitrogens with two attached hydrogens (primary N) is 2. The van der Waals surface area contributed by atoms with E-state index in [1.54, 1.807) is 25.3 Å². The molecule has 1 aromatic rings. The topological polar surface area (TPSA) is 214 Å². The predicted octanol–water partition coefficient (Wildman–Crippen LogP) is -0.524. The lowest BCUT2D eigenvalue weighted by Gasteiger charge is -2.26. The fourth-order valence-electron chi connectivity index (χ4n) is 3.31. The highest BCUT2D eigenvalue weighted by Gasteiger charge is 2.32. The zero-order chi connectivity index (χ0) is 28.1. The van der Waals surface area contributed by atoms with Crippen LogP contribution in [0.5, 0.6) is 5.75 Å². The van der Waals surface area contributed by atoms with Gasteiger partial charge in [0.25, 0.3) is 0 Å². The third-order valence-corrected chi connectivity index (χ3v) is 6.48. The fourth-order valence-corrected chi connectivity index (χ4v) is 3.78. The number of rotatable bonds is 16. The van der Waals surface area contributed by atoms with Gasteiger partial charge in [-0.25, -0.2) is 4.79 Å². The number of thioether (sulfide) groups is 1. The maximum atomic E-state index is 13.2. The molecule has 206 valence electrons. The number of amides is 4. The van der Waals surface area contributed by atoms with Crippen LogP contribution in [0.3, 0.4) is 0 Å². The van der Waals surface area contributed by atoms with Crippen LogP contribution in [0.25, 0.3) is 0 Å². The van der Waals surface area contributed by atoms with E-state index in [1.165, 1.54) is 23.9 Å². The van der Waals surface area contributed by atoms with Crippen LogP contribution in [0.4, 0.5) is 0 Å². The fraction of sp³-hybridized carbons (Fsp3) is 0.542. The zero-order valence-corrected chi connectivity index (χ0v) is 22.0. The van der Waals surface area contributed by atoms with Gasteiger partial charge < -0.3 is 37.6 Å². The van der Waals surface area contributed by atoms with Crippen LogP contribution in [0.1, 0.15) is 38.7 Å². The second kappa shape index (κ2) is 15.7.